The van der Waals surface area contributed by atoms with E-state index in [1.165, 1.54) is 12.8 Å². The highest BCUT2D eigenvalue weighted by Crippen LogP contribution is 2.35. The van der Waals surface area contributed by atoms with Gasteiger partial charge in [0, 0.05) is 11.3 Å². The molecule has 0 radical (unpaired) electrons. The molecule has 0 aliphatic heterocycles. The van der Waals surface area contributed by atoms with Gasteiger partial charge in [0.1, 0.15) is 5.75 Å². The van der Waals surface area contributed by atoms with Gasteiger partial charge >= 0.3 is 0 Å². The second-order valence-electron chi connectivity index (χ2n) is 6.53. The van der Waals surface area contributed by atoms with Crippen molar-refractivity contribution in [3.63, 3.8) is 0 Å². The first kappa shape index (κ1) is 18.9. The van der Waals surface area contributed by atoms with E-state index in [4.69, 9.17) is 19.9 Å². The number of hydrogen-bond donors (Lipinski definition) is 2. The third-order valence-corrected chi connectivity index (χ3v) is 4.65. The van der Waals surface area contributed by atoms with Crippen molar-refractivity contribution in [3.05, 3.63) is 48.0 Å². The van der Waals surface area contributed by atoms with Crippen LogP contribution in [0.25, 0.3) is 0 Å². The topological polar surface area (TPSA) is 78.1 Å². The van der Waals surface area contributed by atoms with Crippen LogP contribution in [0.5, 0.6) is 17.2 Å². The summed E-state index contributed by atoms with van der Waals surface area (Å²) in [6, 6.07) is 13.4. The van der Waals surface area contributed by atoms with Gasteiger partial charge in [0.2, 0.25) is 0 Å². The standard InChI is InChI=1S/C21H27N3O3/c1-25-17-12-10-16(11-13-17)24-21(22)23-14-15-6-5-9-19(26-2)20(15)27-18-7-3-4-8-18/h5-6,9-13,18H,3-4,7-8,14H2,1-2H3,(H3,22,23,24). The summed E-state index contributed by atoms with van der Waals surface area (Å²) in [4.78, 5) is 4.46. The van der Waals surface area contributed by atoms with E-state index in [9.17, 15) is 0 Å². The van der Waals surface area contributed by atoms with E-state index in [2.05, 4.69) is 10.3 Å². The highest BCUT2D eigenvalue weighted by Gasteiger charge is 2.20. The van der Waals surface area contributed by atoms with E-state index in [0.717, 1.165) is 41.3 Å². The van der Waals surface area contributed by atoms with E-state index in [0.29, 0.717) is 12.5 Å². The van der Waals surface area contributed by atoms with Gasteiger partial charge in [-0.25, -0.2) is 4.99 Å². The zero-order chi connectivity index (χ0) is 19.1. The van der Waals surface area contributed by atoms with Gasteiger partial charge in [-0.15, -0.1) is 0 Å². The Labute approximate surface area is 160 Å². The van der Waals surface area contributed by atoms with Crippen molar-refractivity contribution in [2.24, 2.45) is 10.7 Å². The predicted molar refractivity (Wildman–Crippen MR) is 108 cm³/mol. The maximum Gasteiger partial charge on any atom is 0.193 e. The van der Waals surface area contributed by atoms with Gasteiger partial charge in [-0.3, -0.25) is 0 Å². The number of anilines is 1. The lowest BCUT2D eigenvalue weighted by Crippen LogP contribution is -2.22. The van der Waals surface area contributed by atoms with E-state index in [-0.39, 0.29) is 6.10 Å². The Morgan fingerprint density at radius 1 is 1.07 bits per heavy atom. The first-order chi connectivity index (χ1) is 13.2. The van der Waals surface area contributed by atoms with Crippen LogP contribution in [0, 0.1) is 0 Å². The Balaban J connectivity index is 1.70. The van der Waals surface area contributed by atoms with Crippen molar-refractivity contribution < 1.29 is 14.2 Å². The maximum absolute atomic E-state index is 6.24. The van der Waals surface area contributed by atoms with E-state index in [1.807, 2.05) is 42.5 Å². The van der Waals surface area contributed by atoms with Gasteiger partial charge < -0.3 is 25.3 Å². The Morgan fingerprint density at radius 2 is 1.81 bits per heavy atom. The number of aliphatic imine (C=N–C) groups is 1. The van der Waals surface area contributed by atoms with Gasteiger partial charge in [-0.1, -0.05) is 12.1 Å². The first-order valence-corrected chi connectivity index (χ1v) is 9.23. The Bertz CT molecular complexity index is 769. The van der Waals surface area contributed by atoms with Crippen molar-refractivity contribution in [2.75, 3.05) is 19.5 Å². The molecule has 0 saturated heterocycles. The second-order valence-corrected chi connectivity index (χ2v) is 6.53. The highest BCUT2D eigenvalue weighted by molar-refractivity contribution is 5.92. The number of benzene rings is 2. The van der Waals surface area contributed by atoms with Crippen LogP contribution < -0.4 is 25.3 Å². The van der Waals surface area contributed by atoms with Crippen LogP contribution in [0.2, 0.25) is 0 Å². The minimum atomic E-state index is 0.249. The molecule has 27 heavy (non-hydrogen) atoms. The molecule has 1 aliphatic carbocycles. The van der Waals surface area contributed by atoms with Crippen LogP contribution in [0.15, 0.2) is 47.5 Å². The van der Waals surface area contributed by atoms with Crippen LogP contribution in [0.3, 0.4) is 0 Å². The minimum Gasteiger partial charge on any atom is -0.497 e. The predicted octanol–water partition coefficient (Wildman–Crippen LogP) is 3.95. The lowest BCUT2D eigenvalue weighted by molar-refractivity contribution is 0.198. The molecule has 1 aliphatic rings. The molecule has 0 unspecified atom stereocenters. The number of hydrogen-bond acceptors (Lipinski definition) is 4. The lowest BCUT2D eigenvalue weighted by Gasteiger charge is -2.18. The van der Waals surface area contributed by atoms with Gasteiger partial charge in [0.05, 0.1) is 26.9 Å². The summed E-state index contributed by atoms with van der Waals surface area (Å²) in [5.41, 5.74) is 7.85. The summed E-state index contributed by atoms with van der Waals surface area (Å²) in [6.07, 6.45) is 4.85. The lowest BCUT2D eigenvalue weighted by atomic mass is 10.1. The fraction of sp³-hybridized carbons (Fsp3) is 0.381. The van der Waals surface area contributed by atoms with Crippen molar-refractivity contribution in [3.8, 4) is 17.2 Å². The molecule has 2 aromatic rings. The number of rotatable bonds is 7. The van der Waals surface area contributed by atoms with Crippen LogP contribution in [-0.4, -0.2) is 26.3 Å². The summed E-state index contributed by atoms with van der Waals surface area (Å²) in [5.74, 6) is 2.64. The third-order valence-electron chi connectivity index (χ3n) is 4.65. The van der Waals surface area contributed by atoms with Crippen molar-refractivity contribution in [1.82, 2.24) is 0 Å². The Hall–Kier alpha value is -2.89. The SMILES string of the molecule is COc1ccc(NC(N)=NCc2cccc(OC)c2OC2CCCC2)cc1. The van der Waals surface area contributed by atoms with Gasteiger partial charge in [-0.05, 0) is 56.0 Å². The van der Waals surface area contributed by atoms with E-state index in [1.54, 1.807) is 14.2 Å². The molecule has 6 heteroatoms. The molecule has 2 aromatic carbocycles. The summed E-state index contributed by atoms with van der Waals surface area (Å²) in [6.45, 7) is 0.411. The molecule has 144 valence electrons. The van der Waals surface area contributed by atoms with Crippen molar-refractivity contribution in [2.45, 2.75) is 38.3 Å². The molecule has 6 nitrogen and oxygen atoms in total. The largest absolute Gasteiger partial charge is 0.497 e. The average molecular weight is 369 g/mol. The Kier molecular flexibility index (Phi) is 6.41. The number of nitrogens with two attached hydrogens (primary N) is 1. The molecule has 0 atom stereocenters. The average Bonchev–Trinajstić information content (AvgIpc) is 3.21. The van der Waals surface area contributed by atoms with Gasteiger partial charge in [0.25, 0.3) is 0 Å². The van der Waals surface area contributed by atoms with Crippen LogP contribution >= 0.6 is 0 Å². The van der Waals surface area contributed by atoms with E-state index < -0.39 is 0 Å². The Morgan fingerprint density at radius 3 is 2.48 bits per heavy atom. The zero-order valence-electron chi connectivity index (χ0n) is 15.9. The molecule has 0 heterocycles. The monoisotopic (exact) mass is 369 g/mol. The molecule has 0 bridgehead atoms. The highest BCUT2D eigenvalue weighted by atomic mass is 16.5. The number of ether oxygens (including phenoxy) is 3. The molecule has 0 aromatic heterocycles. The number of nitrogens with zero attached hydrogens (tertiary/aromatic N) is 1. The molecule has 3 N–H and O–H groups in total. The number of guanidine groups is 1. The molecule has 1 fully saturated rings. The normalized spacial score (nSPS) is 14.8. The molecular weight excluding hydrogens is 342 g/mol. The van der Waals surface area contributed by atoms with Gasteiger partial charge in [-0.2, -0.15) is 0 Å². The van der Waals surface area contributed by atoms with Crippen LogP contribution in [0.4, 0.5) is 5.69 Å². The van der Waals surface area contributed by atoms with Crippen LogP contribution in [0.1, 0.15) is 31.2 Å². The second kappa shape index (κ2) is 9.16. The molecule has 0 amide bonds. The maximum atomic E-state index is 6.24. The summed E-state index contributed by atoms with van der Waals surface area (Å²) < 4.78 is 16.9. The van der Waals surface area contributed by atoms with Crippen molar-refractivity contribution in [1.29, 1.82) is 0 Å². The molecule has 1 saturated carbocycles. The quantitative estimate of drug-likeness (QED) is 0.571. The fourth-order valence-corrected chi connectivity index (χ4v) is 3.19. The summed E-state index contributed by atoms with van der Waals surface area (Å²) in [7, 11) is 3.29. The smallest absolute Gasteiger partial charge is 0.193 e. The molecular formula is C21H27N3O3. The molecule has 3 rings (SSSR count). The number of nitrogens with one attached hydrogen (secondary N) is 1. The van der Waals surface area contributed by atoms with Gasteiger partial charge in [0.15, 0.2) is 17.5 Å². The van der Waals surface area contributed by atoms with E-state index >= 15 is 0 Å². The minimum absolute atomic E-state index is 0.249. The fourth-order valence-electron chi connectivity index (χ4n) is 3.19. The summed E-state index contributed by atoms with van der Waals surface area (Å²) >= 11 is 0. The number of para-hydroxylation sites is 1. The zero-order valence-corrected chi connectivity index (χ0v) is 15.9. The van der Waals surface area contributed by atoms with Crippen LogP contribution in [-0.2, 0) is 6.54 Å². The first-order valence-electron chi connectivity index (χ1n) is 9.23. The van der Waals surface area contributed by atoms with Crippen molar-refractivity contribution >= 4 is 11.6 Å². The third kappa shape index (κ3) is 5.06. The summed E-state index contributed by atoms with van der Waals surface area (Å²) in [5, 5.41) is 3.08. The number of methoxy groups -OCH3 is 2. The molecule has 0 spiro atoms.